The Hall–Kier alpha value is -3.01. The fourth-order valence-corrected chi connectivity index (χ4v) is 2.63. The number of ether oxygens (including phenoxy) is 1. The van der Waals surface area contributed by atoms with Crippen LogP contribution in [-0.2, 0) is 4.74 Å². The van der Waals surface area contributed by atoms with Gasteiger partial charge < -0.3 is 9.64 Å². The molecule has 0 aliphatic carbocycles. The molecule has 0 aromatic heterocycles. The smallest absolute Gasteiger partial charge is 0.186 e. The molecular weight excluding hydrogens is 290 g/mol. The summed E-state index contributed by atoms with van der Waals surface area (Å²) in [5.41, 5.74) is 1.83. The first-order valence-electron chi connectivity index (χ1n) is 7.37. The van der Waals surface area contributed by atoms with Crippen LogP contribution >= 0.6 is 0 Å². The molecule has 1 aliphatic rings. The summed E-state index contributed by atoms with van der Waals surface area (Å²) in [7, 11) is 0. The molecule has 1 unspecified atom stereocenters. The van der Waals surface area contributed by atoms with Crippen LogP contribution in [-0.4, -0.2) is 29.6 Å². The first kappa shape index (κ1) is 16.4. The zero-order valence-corrected chi connectivity index (χ0v) is 12.9. The molecule has 1 heterocycles. The van der Waals surface area contributed by atoms with Crippen LogP contribution in [0.1, 0.15) is 25.1 Å². The maximum atomic E-state index is 9.61. The number of hydrogen-bond acceptors (Lipinski definition) is 6. The van der Waals surface area contributed by atoms with Gasteiger partial charge in [-0.25, -0.2) is 0 Å². The first-order valence-corrected chi connectivity index (χ1v) is 7.37. The van der Waals surface area contributed by atoms with Crippen molar-refractivity contribution in [3.05, 3.63) is 47.3 Å². The van der Waals surface area contributed by atoms with E-state index in [1.54, 1.807) is 4.90 Å². The van der Waals surface area contributed by atoms with E-state index in [1.807, 2.05) is 37.3 Å². The minimum absolute atomic E-state index is 0.194. The highest BCUT2D eigenvalue weighted by Crippen LogP contribution is 2.38. The van der Waals surface area contributed by atoms with Gasteiger partial charge in [-0.05, 0) is 12.5 Å². The molecule has 6 heteroatoms. The second-order valence-electron chi connectivity index (χ2n) is 4.90. The topological polar surface area (TPSA) is 87.1 Å². The van der Waals surface area contributed by atoms with Crippen LogP contribution in [0.15, 0.2) is 41.7 Å². The van der Waals surface area contributed by atoms with Gasteiger partial charge in [-0.2, -0.15) is 15.8 Å². The number of hydrogen-bond donors (Lipinski definition) is 0. The van der Waals surface area contributed by atoms with Crippen LogP contribution in [0, 0.1) is 34.1 Å². The van der Waals surface area contributed by atoms with E-state index in [-0.39, 0.29) is 13.0 Å². The second kappa shape index (κ2) is 7.84. The normalized spacial score (nSPS) is 16.9. The molecule has 1 aromatic carbocycles. The maximum absolute atomic E-state index is 9.61. The summed E-state index contributed by atoms with van der Waals surface area (Å²) < 4.78 is 5.43. The van der Waals surface area contributed by atoms with Crippen molar-refractivity contribution < 1.29 is 4.74 Å². The van der Waals surface area contributed by atoms with Gasteiger partial charge in [0.2, 0.25) is 0 Å². The maximum Gasteiger partial charge on any atom is 0.186 e. The Balaban J connectivity index is 2.46. The Morgan fingerprint density at radius 2 is 1.91 bits per heavy atom. The minimum atomic E-state index is -0.417. The molecule has 6 nitrogen and oxygen atoms in total. The van der Waals surface area contributed by atoms with E-state index in [4.69, 9.17) is 10.00 Å². The van der Waals surface area contributed by atoms with Gasteiger partial charge in [0.25, 0.3) is 0 Å². The Kier molecular flexibility index (Phi) is 5.58. The SMILES string of the molecule is CCOCC1=C(C#N)N(CCC#N)C(c2ccccc2)N1C#N. The number of allylic oxidation sites excluding steroid dienone is 1. The zero-order chi connectivity index (χ0) is 16.7. The van der Waals surface area contributed by atoms with Crippen LogP contribution in [0.25, 0.3) is 0 Å². The monoisotopic (exact) mass is 307 g/mol. The first-order chi connectivity index (χ1) is 11.3. The molecular formula is C17H17N5O. The fraction of sp³-hybridized carbons (Fsp3) is 0.353. The van der Waals surface area contributed by atoms with Crippen molar-refractivity contribution in [2.45, 2.75) is 19.5 Å². The highest BCUT2D eigenvalue weighted by atomic mass is 16.5. The lowest BCUT2D eigenvalue weighted by atomic mass is 10.1. The molecule has 0 bridgehead atoms. The predicted octanol–water partition coefficient (Wildman–Crippen LogP) is 2.47. The molecule has 2 rings (SSSR count). The Morgan fingerprint density at radius 1 is 1.17 bits per heavy atom. The molecule has 0 saturated heterocycles. The van der Waals surface area contributed by atoms with Gasteiger partial charge in [-0.3, -0.25) is 4.90 Å². The number of benzene rings is 1. The van der Waals surface area contributed by atoms with Gasteiger partial charge in [0.05, 0.1) is 24.8 Å². The average Bonchev–Trinajstić information content (AvgIpc) is 2.91. The van der Waals surface area contributed by atoms with E-state index in [0.29, 0.717) is 24.5 Å². The van der Waals surface area contributed by atoms with E-state index in [9.17, 15) is 10.5 Å². The number of nitriles is 3. The summed E-state index contributed by atoms with van der Waals surface area (Å²) in [6, 6.07) is 13.8. The Bertz CT molecular complexity index is 692. The van der Waals surface area contributed by atoms with Gasteiger partial charge in [0, 0.05) is 13.2 Å². The van der Waals surface area contributed by atoms with Crippen LogP contribution < -0.4 is 0 Å². The summed E-state index contributed by atoms with van der Waals surface area (Å²) >= 11 is 0. The molecule has 0 amide bonds. The molecule has 23 heavy (non-hydrogen) atoms. The molecule has 116 valence electrons. The standard InChI is InChI=1S/C17H17N5O/c1-2-23-12-16-15(11-19)21(10-6-9-18)17(22(16)13-20)14-7-4-3-5-8-14/h3-5,7-8,17H,2,6,10,12H2,1H3. The molecule has 1 atom stereocenters. The zero-order valence-electron chi connectivity index (χ0n) is 12.9. The molecule has 0 spiro atoms. The number of rotatable bonds is 6. The molecule has 0 fully saturated rings. The van der Waals surface area contributed by atoms with E-state index >= 15 is 0 Å². The fourth-order valence-electron chi connectivity index (χ4n) is 2.63. The molecule has 1 aliphatic heterocycles. The minimum Gasteiger partial charge on any atom is -0.375 e. The van der Waals surface area contributed by atoms with Crippen LogP contribution in [0.4, 0.5) is 0 Å². The quantitative estimate of drug-likeness (QED) is 0.750. The molecule has 0 radical (unpaired) electrons. The van der Waals surface area contributed by atoms with Gasteiger partial charge in [-0.1, -0.05) is 30.3 Å². The summed E-state index contributed by atoms with van der Waals surface area (Å²) in [5, 5.41) is 28.1. The lowest BCUT2D eigenvalue weighted by Crippen LogP contribution is -2.31. The van der Waals surface area contributed by atoms with Crippen LogP contribution in [0.5, 0.6) is 0 Å². The van der Waals surface area contributed by atoms with Crippen molar-refractivity contribution in [3.8, 4) is 18.3 Å². The van der Waals surface area contributed by atoms with Crippen molar-refractivity contribution in [2.75, 3.05) is 19.8 Å². The Morgan fingerprint density at radius 3 is 2.48 bits per heavy atom. The molecule has 1 aromatic rings. The van der Waals surface area contributed by atoms with E-state index in [1.165, 1.54) is 4.90 Å². The van der Waals surface area contributed by atoms with Gasteiger partial charge in [-0.15, -0.1) is 0 Å². The highest BCUT2D eigenvalue weighted by molar-refractivity contribution is 5.37. The van der Waals surface area contributed by atoms with Crippen molar-refractivity contribution in [1.82, 2.24) is 9.80 Å². The van der Waals surface area contributed by atoms with Crippen molar-refractivity contribution in [3.63, 3.8) is 0 Å². The average molecular weight is 307 g/mol. The third kappa shape index (κ3) is 3.26. The Labute approximate surface area is 136 Å². The second-order valence-corrected chi connectivity index (χ2v) is 4.90. The highest BCUT2D eigenvalue weighted by Gasteiger charge is 2.39. The van der Waals surface area contributed by atoms with Crippen LogP contribution in [0.3, 0.4) is 0 Å². The van der Waals surface area contributed by atoms with Gasteiger partial charge >= 0.3 is 0 Å². The molecule has 0 saturated carbocycles. The summed E-state index contributed by atoms with van der Waals surface area (Å²) in [5.74, 6) is 0. The summed E-state index contributed by atoms with van der Waals surface area (Å²) in [6.07, 6.45) is 2.02. The van der Waals surface area contributed by atoms with Crippen LogP contribution in [0.2, 0.25) is 0 Å². The van der Waals surface area contributed by atoms with E-state index < -0.39 is 6.17 Å². The lowest BCUT2D eigenvalue weighted by Gasteiger charge is -2.29. The van der Waals surface area contributed by atoms with Gasteiger partial charge in [0.15, 0.2) is 6.19 Å². The molecule has 0 N–H and O–H groups in total. The number of nitrogens with zero attached hydrogens (tertiary/aromatic N) is 5. The van der Waals surface area contributed by atoms with E-state index in [0.717, 1.165) is 5.56 Å². The largest absolute Gasteiger partial charge is 0.375 e. The van der Waals surface area contributed by atoms with Gasteiger partial charge in [0.1, 0.15) is 17.9 Å². The van der Waals surface area contributed by atoms with Crippen molar-refractivity contribution in [2.24, 2.45) is 0 Å². The van der Waals surface area contributed by atoms with E-state index in [2.05, 4.69) is 18.3 Å². The van der Waals surface area contributed by atoms with Crippen molar-refractivity contribution >= 4 is 0 Å². The summed E-state index contributed by atoms with van der Waals surface area (Å²) in [4.78, 5) is 3.30. The predicted molar refractivity (Wildman–Crippen MR) is 82.7 cm³/mol. The summed E-state index contributed by atoms with van der Waals surface area (Å²) in [6.45, 7) is 2.93. The lowest BCUT2D eigenvalue weighted by molar-refractivity contribution is 0.140. The third-order valence-corrected chi connectivity index (χ3v) is 3.61. The third-order valence-electron chi connectivity index (χ3n) is 3.61. The van der Waals surface area contributed by atoms with Crippen molar-refractivity contribution in [1.29, 1.82) is 15.8 Å².